The predicted octanol–water partition coefficient (Wildman–Crippen LogP) is 4.75. The van der Waals surface area contributed by atoms with Crippen molar-refractivity contribution in [3.05, 3.63) is 52.8 Å². The number of anilines is 1. The quantitative estimate of drug-likeness (QED) is 0.595. The highest BCUT2D eigenvalue weighted by Gasteiger charge is 2.30. The van der Waals surface area contributed by atoms with E-state index in [4.69, 9.17) is 17.3 Å². The second-order valence-corrected chi connectivity index (χ2v) is 4.39. The molecule has 0 aromatic heterocycles. The standard InChI is InChI=1S/C13H8ClF4N/c14-9-3-7(4-10(15)6-9)11-2-1-8(5-12(11)19)13(16,17)18/h1-6H,19H2. The summed E-state index contributed by atoms with van der Waals surface area (Å²) < 4.78 is 50.7. The summed E-state index contributed by atoms with van der Waals surface area (Å²) in [5, 5.41) is 0.147. The summed E-state index contributed by atoms with van der Waals surface area (Å²) in [7, 11) is 0. The Bertz CT molecular complexity index is 602. The molecule has 0 aliphatic carbocycles. The molecular formula is C13H8ClF4N. The molecule has 1 nitrogen and oxygen atoms in total. The fraction of sp³-hybridized carbons (Fsp3) is 0.0769. The Labute approximate surface area is 111 Å². The van der Waals surface area contributed by atoms with Crippen molar-refractivity contribution in [3.63, 3.8) is 0 Å². The molecule has 0 spiro atoms. The molecule has 19 heavy (non-hydrogen) atoms. The number of halogens is 5. The van der Waals surface area contributed by atoms with Crippen LogP contribution in [0.1, 0.15) is 5.56 Å². The molecule has 0 unspecified atom stereocenters. The van der Waals surface area contributed by atoms with E-state index in [-0.39, 0.29) is 10.7 Å². The Kier molecular flexibility index (Phi) is 3.41. The molecule has 0 aliphatic rings. The maximum absolute atomic E-state index is 13.2. The summed E-state index contributed by atoms with van der Waals surface area (Å²) in [6, 6.07) is 6.60. The van der Waals surface area contributed by atoms with Gasteiger partial charge in [0.25, 0.3) is 0 Å². The predicted molar refractivity (Wildman–Crippen MR) is 66.3 cm³/mol. The van der Waals surface area contributed by atoms with Crippen molar-refractivity contribution < 1.29 is 17.6 Å². The molecule has 6 heteroatoms. The van der Waals surface area contributed by atoms with E-state index in [1.54, 1.807) is 0 Å². The third kappa shape index (κ3) is 2.98. The van der Waals surface area contributed by atoms with Gasteiger partial charge in [-0.15, -0.1) is 0 Å². The number of hydrogen-bond donors (Lipinski definition) is 1. The Balaban J connectivity index is 2.52. The van der Waals surface area contributed by atoms with Crippen LogP contribution in [0.5, 0.6) is 0 Å². The van der Waals surface area contributed by atoms with Crippen molar-refractivity contribution >= 4 is 17.3 Å². The lowest BCUT2D eigenvalue weighted by Crippen LogP contribution is -2.06. The van der Waals surface area contributed by atoms with Gasteiger partial charge in [0.15, 0.2) is 0 Å². The molecule has 0 saturated heterocycles. The summed E-state index contributed by atoms with van der Waals surface area (Å²) in [6.45, 7) is 0. The average Bonchev–Trinajstić information content (AvgIpc) is 2.26. The van der Waals surface area contributed by atoms with E-state index in [1.807, 2.05) is 0 Å². The van der Waals surface area contributed by atoms with Crippen molar-refractivity contribution in [2.24, 2.45) is 0 Å². The van der Waals surface area contributed by atoms with E-state index in [0.717, 1.165) is 24.3 Å². The van der Waals surface area contributed by atoms with Crippen LogP contribution in [0.2, 0.25) is 5.02 Å². The van der Waals surface area contributed by atoms with Gasteiger partial charge in [0.05, 0.1) is 5.56 Å². The highest BCUT2D eigenvalue weighted by molar-refractivity contribution is 6.30. The molecule has 100 valence electrons. The van der Waals surface area contributed by atoms with Crippen LogP contribution in [0.15, 0.2) is 36.4 Å². The van der Waals surface area contributed by atoms with Gasteiger partial charge in [-0.3, -0.25) is 0 Å². The number of nitrogens with two attached hydrogens (primary N) is 1. The molecule has 0 saturated carbocycles. The first kappa shape index (κ1) is 13.7. The largest absolute Gasteiger partial charge is 0.416 e. The first-order valence-corrected chi connectivity index (χ1v) is 5.58. The lowest BCUT2D eigenvalue weighted by atomic mass is 10.0. The maximum atomic E-state index is 13.2. The van der Waals surface area contributed by atoms with Gasteiger partial charge in [-0.1, -0.05) is 17.7 Å². The van der Waals surface area contributed by atoms with Gasteiger partial charge < -0.3 is 5.73 Å². The molecule has 0 bridgehead atoms. The van der Waals surface area contributed by atoms with Crippen LogP contribution in [0.3, 0.4) is 0 Å². The molecule has 2 N–H and O–H groups in total. The summed E-state index contributed by atoms with van der Waals surface area (Å²) in [5.74, 6) is -0.582. The lowest BCUT2D eigenvalue weighted by molar-refractivity contribution is -0.137. The summed E-state index contributed by atoms with van der Waals surface area (Å²) in [5.41, 5.74) is 5.28. The van der Waals surface area contributed by atoms with Crippen LogP contribution < -0.4 is 5.73 Å². The lowest BCUT2D eigenvalue weighted by Gasteiger charge is -2.11. The minimum Gasteiger partial charge on any atom is -0.398 e. The normalized spacial score (nSPS) is 11.6. The van der Waals surface area contributed by atoms with Gasteiger partial charge in [-0.25, -0.2) is 4.39 Å². The van der Waals surface area contributed by atoms with E-state index in [9.17, 15) is 17.6 Å². The molecule has 0 aliphatic heterocycles. The van der Waals surface area contributed by atoms with Crippen LogP contribution in [0, 0.1) is 5.82 Å². The second-order valence-electron chi connectivity index (χ2n) is 3.96. The van der Waals surface area contributed by atoms with Crippen LogP contribution >= 0.6 is 11.6 Å². The van der Waals surface area contributed by atoms with E-state index in [0.29, 0.717) is 11.1 Å². The zero-order chi connectivity index (χ0) is 14.2. The number of alkyl halides is 3. The Hall–Kier alpha value is -1.75. The SMILES string of the molecule is Nc1cc(C(F)(F)F)ccc1-c1cc(F)cc(Cl)c1. The molecule has 0 fully saturated rings. The van der Waals surface area contributed by atoms with Crippen LogP contribution in [-0.2, 0) is 6.18 Å². The third-order valence-corrected chi connectivity index (χ3v) is 2.77. The Morgan fingerprint density at radius 3 is 2.21 bits per heavy atom. The molecule has 2 rings (SSSR count). The minimum atomic E-state index is -4.47. The molecule has 0 atom stereocenters. The summed E-state index contributed by atoms with van der Waals surface area (Å²) >= 11 is 5.70. The van der Waals surface area contributed by atoms with E-state index in [1.165, 1.54) is 12.1 Å². The highest BCUT2D eigenvalue weighted by atomic mass is 35.5. The van der Waals surface area contributed by atoms with Crippen molar-refractivity contribution in [3.8, 4) is 11.1 Å². The smallest absolute Gasteiger partial charge is 0.398 e. The zero-order valence-electron chi connectivity index (χ0n) is 9.43. The summed E-state index contributed by atoms with van der Waals surface area (Å²) in [6.07, 6.45) is -4.47. The van der Waals surface area contributed by atoms with E-state index in [2.05, 4.69) is 0 Å². The number of rotatable bonds is 1. The van der Waals surface area contributed by atoms with Gasteiger partial charge in [0.2, 0.25) is 0 Å². The Morgan fingerprint density at radius 2 is 1.68 bits per heavy atom. The molecule has 2 aromatic carbocycles. The Morgan fingerprint density at radius 1 is 1.00 bits per heavy atom. The van der Waals surface area contributed by atoms with E-state index < -0.39 is 17.6 Å². The second kappa shape index (κ2) is 4.74. The van der Waals surface area contributed by atoms with Gasteiger partial charge in [-0.2, -0.15) is 13.2 Å². The maximum Gasteiger partial charge on any atom is 0.416 e. The monoisotopic (exact) mass is 289 g/mol. The third-order valence-electron chi connectivity index (χ3n) is 2.55. The van der Waals surface area contributed by atoms with Gasteiger partial charge in [0.1, 0.15) is 5.82 Å². The molecular weight excluding hydrogens is 282 g/mol. The topological polar surface area (TPSA) is 26.0 Å². The van der Waals surface area contributed by atoms with Crippen molar-refractivity contribution in [1.29, 1.82) is 0 Å². The number of hydrogen-bond acceptors (Lipinski definition) is 1. The first-order chi connectivity index (χ1) is 8.77. The van der Waals surface area contributed by atoms with Gasteiger partial charge >= 0.3 is 6.18 Å². The number of benzene rings is 2. The summed E-state index contributed by atoms with van der Waals surface area (Å²) in [4.78, 5) is 0. The minimum absolute atomic E-state index is 0.0866. The molecule has 2 aromatic rings. The molecule has 0 radical (unpaired) electrons. The molecule has 0 heterocycles. The van der Waals surface area contributed by atoms with E-state index >= 15 is 0 Å². The van der Waals surface area contributed by atoms with Crippen LogP contribution in [0.25, 0.3) is 11.1 Å². The molecule has 0 amide bonds. The van der Waals surface area contributed by atoms with Crippen LogP contribution in [0.4, 0.5) is 23.2 Å². The number of nitrogen functional groups attached to an aromatic ring is 1. The fourth-order valence-electron chi connectivity index (χ4n) is 1.71. The van der Waals surface area contributed by atoms with Gasteiger partial charge in [0, 0.05) is 16.3 Å². The highest BCUT2D eigenvalue weighted by Crippen LogP contribution is 2.35. The van der Waals surface area contributed by atoms with Crippen molar-refractivity contribution in [1.82, 2.24) is 0 Å². The van der Waals surface area contributed by atoms with Crippen molar-refractivity contribution in [2.45, 2.75) is 6.18 Å². The average molecular weight is 290 g/mol. The van der Waals surface area contributed by atoms with Crippen LogP contribution in [-0.4, -0.2) is 0 Å². The first-order valence-electron chi connectivity index (χ1n) is 5.20. The van der Waals surface area contributed by atoms with Gasteiger partial charge in [-0.05, 0) is 35.9 Å². The zero-order valence-corrected chi connectivity index (χ0v) is 10.2. The fourth-order valence-corrected chi connectivity index (χ4v) is 1.93. The van der Waals surface area contributed by atoms with Crippen molar-refractivity contribution in [2.75, 3.05) is 5.73 Å².